The topological polar surface area (TPSA) is 78.3 Å². The van der Waals surface area contributed by atoms with Gasteiger partial charge in [-0.1, -0.05) is 6.92 Å². The number of aryl methyl sites for hydroxylation is 1. The van der Waals surface area contributed by atoms with Crippen LogP contribution in [0.1, 0.15) is 35.8 Å². The molecular weight excluding hydrogens is 304 g/mol. The van der Waals surface area contributed by atoms with Crippen LogP contribution in [0.15, 0.2) is 30.3 Å². The Morgan fingerprint density at radius 1 is 1.29 bits per heavy atom. The summed E-state index contributed by atoms with van der Waals surface area (Å²) in [5.74, 6) is 1.20. The summed E-state index contributed by atoms with van der Waals surface area (Å²) in [4.78, 5) is 22.4. The summed E-state index contributed by atoms with van der Waals surface area (Å²) in [5, 5.41) is 12.2. The number of hydrogen-bond donors (Lipinski definition) is 2. The molecule has 0 bridgehead atoms. The Morgan fingerprint density at radius 3 is 2.71 bits per heavy atom. The summed E-state index contributed by atoms with van der Waals surface area (Å²) in [7, 11) is 0. The number of aromatic nitrogens is 2. The molecule has 1 atom stereocenters. The van der Waals surface area contributed by atoms with Crippen LogP contribution < -0.4 is 10.2 Å². The third kappa shape index (κ3) is 3.82. The van der Waals surface area contributed by atoms with Crippen LogP contribution in [-0.2, 0) is 0 Å². The van der Waals surface area contributed by atoms with Gasteiger partial charge in [-0.25, -0.2) is 9.78 Å². The van der Waals surface area contributed by atoms with E-state index in [1.807, 2.05) is 13.0 Å². The predicted molar refractivity (Wildman–Crippen MR) is 94.1 cm³/mol. The molecule has 1 fully saturated rings. The number of carbonyl (C=O) groups is 1. The molecule has 0 radical (unpaired) electrons. The molecule has 1 aromatic heterocycles. The van der Waals surface area contributed by atoms with Crippen molar-refractivity contribution in [3.63, 3.8) is 0 Å². The third-order valence-electron chi connectivity index (χ3n) is 4.19. The molecule has 1 unspecified atom stereocenters. The summed E-state index contributed by atoms with van der Waals surface area (Å²) in [5.41, 5.74) is 1.97. The van der Waals surface area contributed by atoms with Crippen LogP contribution in [0.4, 0.5) is 17.5 Å². The fraction of sp³-hybridized carbons (Fsp3) is 0.389. The molecule has 0 aliphatic carbocycles. The zero-order chi connectivity index (χ0) is 17.1. The smallest absolute Gasteiger partial charge is 0.335 e. The highest BCUT2D eigenvalue weighted by molar-refractivity contribution is 5.88. The predicted octanol–water partition coefficient (Wildman–Crippen LogP) is 3.46. The van der Waals surface area contributed by atoms with Gasteiger partial charge in [0.1, 0.15) is 5.82 Å². The van der Waals surface area contributed by atoms with Crippen molar-refractivity contribution < 1.29 is 9.90 Å². The van der Waals surface area contributed by atoms with Crippen LogP contribution in [0.25, 0.3) is 0 Å². The lowest BCUT2D eigenvalue weighted by Gasteiger charge is -2.31. The number of carboxylic acids is 1. The van der Waals surface area contributed by atoms with Crippen molar-refractivity contribution in [2.45, 2.75) is 26.7 Å². The minimum Gasteiger partial charge on any atom is -0.478 e. The summed E-state index contributed by atoms with van der Waals surface area (Å²) < 4.78 is 0. The van der Waals surface area contributed by atoms with E-state index in [2.05, 4.69) is 27.1 Å². The molecule has 6 heteroatoms. The standard InChI is InChI=1S/C18H22N4O2/c1-12-4-3-9-22(11-12)18-19-13(2)10-16(21-18)20-15-7-5-14(6-8-15)17(23)24/h5-8,10,12H,3-4,9,11H2,1-2H3,(H,23,24)(H,19,20,21). The molecule has 3 rings (SSSR count). The van der Waals surface area contributed by atoms with Gasteiger partial charge in [0.15, 0.2) is 0 Å². The second-order valence-corrected chi connectivity index (χ2v) is 6.40. The number of anilines is 3. The van der Waals surface area contributed by atoms with Crippen molar-refractivity contribution in [1.82, 2.24) is 9.97 Å². The number of carboxylic acid groups (broad SMARTS) is 1. The molecule has 1 saturated heterocycles. The van der Waals surface area contributed by atoms with E-state index in [-0.39, 0.29) is 5.56 Å². The molecule has 2 N–H and O–H groups in total. The number of rotatable bonds is 4. The fourth-order valence-corrected chi connectivity index (χ4v) is 2.97. The highest BCUT2D eigenvalue weighted by Crippen LogP contribution is 2.23. The maximum Gasteiger partial charge on any atom is 0.335 e. The normalized spacial score (nSPS) is 17.6. The quantitative estimate of drug-likeness (QED) is 0.896. The van der Waals surface area contributed by atoms with Crippen molar-refractivity contribution in [1.29, 1.82) is 0 Å². The van der Waals surface area contributed by atoms with Crippen LogP contribution in [0, 0.1) is 12.8 Å². The highest BCUT2D eigenvalue weighted by Gasteiger charge is 2.19. The van der Waals surface area contributed by atoms with Crippen molar-refractivity contribution in [3.05, 3.63) is 41.6 Å². The molecule has 6 nitrogen and oxygen atoms in total. The second-order valence-electron chi connectivity index (χ2n) is 6.40. The van der Waals surface area contributed by atoms with Gasteiger partial charge in [0.2, 0.25) is 5.95 Å². The lowest BCUT2D eigenvalue weighted by molar-refractivity contribution is 0.0697. The lowest BCUT2D eigenvalue weighted by atomic mass is 10.0. The van der Waals surface area contributed by atoms with Crippen molar-refractivity contribution in [3.8, 4) is 0 Å². The van der Waals surface area contributed by atoms with Crippen LogP contribution in [0.5, 0.6) is 0 Å². The van der Waals surface area contributed by atoms with Crippen LogP contribution in [0.3, 0.4) is 0 Å². The molecule has 1 aliphatic heterocycles. The third-order valence-corrected chi connectivity index (χ3v) is 4.19. The van der Waals surface area contributed by atoms with Gasteiger partial charge in [-0.05, 0) is 49.9 Å². The van der Waals surface area contributed by atoms with Crippen LogP contribution in [0.2, 0.25) is 0 Å². The van der Waals surface area contributed by atoms with Gasteiger partial charge in [0, 0.05) is 30.5 Å². The van der Waals surface area contributed by atoms with Gasteiger partial charge >= 0.3 is 5.97 Å². The lowest BCUT2D eigenvalue weighted by Crippen LogP contribution is -2.35. The maximum absolute atomic E-state index is 10.9. The molecule has 0 amide bonds. The van der Waals surface area contributed by atoms with E-state index < -0.39 is 5.97 Å². The first-order valence-corrected chi connectivity index (χ1v) is 8.22. The Bertz CT molecular complexity index is 730. The summed E-state index contributed by atoms with van der Waals surface area (Å²) >= 11 is 0. The number of piperidine rings is 1. The summed E-state index contributed by atoms with van der Waals surface area (Å²) in [6, 6.07) is 8.52. The van der Waals surface area contributed by atoms with Crippen LogP contribution in [-0.4, -0.2) is 34.1 Å². The number of nitrogens with zero attached hydrogens (tertiary/aromatic N) is 3. The summed E-state index contributed by atoms with van der Waals surface area (Å²) in [6.45, 7) is 6.18. The van der Waals surface area contributed by atoms with Gasteiger partial charge in [0.05, 0.1) is 5.56 Å². The fourth-order valence-electron chi connectivity index (χ4n) is 2.97. The van der Waals surface area contributed by atoms with Gasteiger partial charge < -0.3 is 15.3 Å². The first-order chi connectivity index (χ1) is 11.5. The van der Waals surface area contributed by atoms with Crippen LogP contribution >= 0.6 is 0 Å². The Labute approximate surface area is 141 Å². The molecule has 126 valence electrons. The zero-order valence-corrected chi connectivity index (χ0v) is 14.0. The van der Waals surface area contributed by atoms with Gasteiger partial charge in [-0.15, -0.1) is 0 Å². The van der Waals surface area contributed by atoms with E-state index in [0.29, 0.717) is 5.92 Å². The SMILES string of the molecule is Cc1cc(Nc2ccc(C(=O)O)cc2)nc(N2CCCC(C)C2)n1. The molecule has 2 heterocycles. The number of nitrogens with one attached hydrogen (secondary N) is 1. The number of aromatic carboxylic acids is 1. The minimum absolute atomic E-state index is 0.266. The van der Waals surface area contributed by atoms with E-state index in [1.54, 1.807) is 24.3 Å². The monoisotopic (exact) mass is 326 g/mol. The van der Waals surface area contributed by atoms with Gasteiger partial charge in [0.25, 0.3) is 0 Å². The maximum atomic E-state index is 10.9. The minimum atomic E-state index is -0.930. The molecule has 24 heavy (non-hydrogen) atoms. The Morgan fingerprint density at radius 2 is 2.04 bits per heavy atom. The second kappa shape index (κ2) is 6.86. The molecule has 0 saturated carbocycles. The Balaban J connectivity index is 1.79. The Kier molecular flexibility index (Phi) is 4.64. The van der Waals surface area contributed by atoms with E-state index in [4.69, 9.17) is 5.11 Å². The average Bonchev–Trinajstić information content (AvgIpc) is 2.55. The highest BCUT2D eigenvalue weighted by atomic mass is 16.4. The average molecular weight is 326 g/mol. The molecule has 1 aromatic carbocycles. The van der Waals surface area contributed by atoms with Crippen molar-refractivity contribution >= 4 is 23.4 Å². The number of benzene rings is 1. The van der Waals surface area contributed by atoms with E-state index in [9.17, 15) is 4.79 Å². The number of hydrogen-bond acceptors (Lipinski definition) is 5. The first-order valence-electron chi connectivity index (χ1n) is 8.22. The molecule has 0 spiro atoms. The summed E-state index contributed by atoms with van der Waals surface area (Å²) in [6.07, 6.45) is 2.42. The Hall–Kier alpha value is -2.63. The van der Waals surface area contributed by atoms with E-state index in [1.165, 1.54) is 6.42 Å². The molecule has 1 aliphatic rings. The first kappa shape index (κ1) is 16.2. The molecule has 2 aromatic rings. The van der Waals surface area contributed by atoms with Crippen molar-refractivity contribution in [2.24, 2.45) is 5.92 Å². The van der Waals surface area contributed by atoms with Gasteiger partial charge in [-0.2, -0.15) is 4.98 Å². The van der Waals surface area contributed by atoms with Gasteiger partial charge in [-0.3, -0.25) is 0 Å². The molecular formula is C18H22N4O2. The van der Waals surface area contributed by atoms with E-state index >= 15 is 0 Å². The van der Waals surface area contributed by atoms with Crippen molar-refractivity contribution in [2.75, 3.05) is 23.3 Å². The van der Waals surface area contributed by atoms with E-state index in [0.717, 1.165) is 42.7 Å². The largest absolute Gasteiger partial charge is 0.478 e. The zero-order valence-electron chi connectivity index (χ0n) is 14.0.